The fourth-order valence-electron chi connectivity index (χ4n) is 3.81. The number of benzene rings is 1. The number of carbonyl (C=O) groups is 2. The first-order valence-electron chi connectivity index (χ1n) is 7.56. The normalized spacial score (nSPS) is 26.7. The van der Waals surface area contributed by atoms with Crippen LogP contribution < -0.4 is 0 Å². The lowest BCUT2D eigenvalue weighted by Crippen LogP contribution is -2.41. The van der Waals surface area contributed by atoms with E-state index in [0.717, 1.165) is 0 Å². The van der Waals surface area contributed by atoms with Gasteiger partial charge in [-0.05, 0) is 7.05 Å². The highest BCUT2D eigenvalue weighted by Crippen LogP contribution is 2.42. The molecule has 3 rings (SSSR count). The molecule has 0 spiro atoms. The molecule has 2 aliphatic rings. The quantitative estimate of drug-likeness (QED) is 0.894. The number of hydrogen-bond donors (Lipinski definition) is 1. The van der Waals surface area contributed by atoms with Gasteiger partial charge in [-0.1, -0.05) is 0 Å². The van der Waals surface area contributed by atoms with Gasteiger partial charge in [0.1, 0.15) is 22.9 Å². The molecule has 0 radical (unpaired) electrons. The van der Waals surface area contributed by atoms with Gasteiger partial charge in [0.2, 0.25) is 5.91 Å². The van der Waals surface area contributed by atoms with Gasteiger partial charge in [0.15, 0.2) is 0 Å². The highest BCUT2D eigenvalue weighted by Gasteiger charge is 2.57. The molecule has 1 amide bonds. The van der Waals surface area contributed by atoms with Crippen LogP contribution >= 0.6 is 0 Å². The van der Waals surface area contributed by atoms with Crippen molar-refractivity contribution in [2.75, 3.05) is 33.2 Å². The number of rotatable bonds is 3. The molecule has 2 heterocycles. The zero-order valence-corrected chi connectivity index (χ0v) is 13.1. The molecule has 1 N–H and O–H groups in total. The van der Waals surface area contributed by atoms with Crippen LogP contribution in [0.3, 0.4) is 0 Å². The monoisotopic (exact) mass is 342 g/mol. The van der Waals surface area contributed by atoms with Crippen LogP contribution in [0.2, 0.25) is 0 Å². The molecule has 8 heteroatoms. The Morgan fingerprint density at radius 3 is 2.38 bits per heavy atom. The van der Waals surface area contributed by atoms with E-state index in [4.69, 9.17) is 0 Å². The average Bonchev–Trinajstić information content (AvgIpc) is 2.96. The fraction of sp³-hybridized carbons (Fsp3) is 0.500. The number of hydrogen-bond acceptors (Lipinski definition) is 3. The van der Waals surface area contributed by atoms with Gasteiger partial charge < -0.3 is 14.9 Å². The summed E-state index contributed by atoms with van der Waals surface area (Å²) in [6.45, 7) is 1.13. The predicted octanol–water partition coefficient (Wildman–Crippen LogP) is 1.12. The van der Waals surface area contributed by atoms with Crippen LogP contribution in [0.5, 0.6) is 0 Å². The molecule has 2 saturated heterocycles. The van der Waals surface area contributed by atoms with Crippen molar-refractivity contribution in [3.63, 3.8) is 0 Å². The third-order valence-corrected chi connectivity index (χ3v) is 4.99. The van der Waals surface area contributed by atoms with Gasteiger partial charge in [-0.3, -0.25) is 9.59 Å². The smallest absolute Gasteiger partial charge is 0.313 e. The molecule has 2 atom stereocenters. The van der Waals surface area contributed by atoms with Gasteiger partial charge in [-0.25, -0.2) is 13.2 Å². The minimum Gasteiger partial charge on any atom is -0.481 e. The van der Waals surface area contributed by atoms with E-state index in [1.807, 2.05) is 11.9 Å². The summed E-state index contributed by atoms with van der Waals surface area (Å²) in [6, 6.07) is 1.05. The average molecular weight is 342 g/mol. The molecule has 1 aromatic carbocycles. The van der Waals surface area contributed by atoms with E-state index in [2.05, 4.69) is 0 Å². The predicted molar refractivity (Wildman–Crippen MR) is 77.7 cm³/mol. The van der Waals surface area contributed by atoms with Crippen LogP contribution in [0, 0.1) is 28.8 Å². The van der Waals surface area contributed by atoms with Crippen molar-refractivity contribution >= 4 is 11.9 Å². The lowest BCUT2D eigenvalue weighted by atomic mass is 9.81. The largest absolute Gasteiger partial charge is 0.481 e. The molecule has 1 aromatic rings. The second-order valence-corrected chi connectivity index (χ2v) is 6.65. The van der Waals surface area contributed by atoms with Gasteiger partial charge >= 0.3 is 5.97 Å². The van der Waals surface area contributed by atoms with Crippen molar-refractivity contribution in [3.05, 3.63) is 35.1 Å². The molecule has 0 saturated carbocycles. The van der Waals surface area contributed by atoms with E-state index in [9.17, 15) is 27.9 Å². The number of aliphatic carboxylic acids is 1. The van der Waals surface area contributed by atoms with Gasteiger partial charge in [-0.15, -0.1) is 0 Å². The Hall–Kier alpha value is -2.09. The molecule has 0 bridgehead atoms. The third kappa shape index (κ3) is 2.64. The van der Waals surface area contributed by atoms with Gasteiger partial charge in [0, 0.05) is 49.8 Å². The van der Waals surface area contributed by atoms with Crippen molar-refractivity contribution in [1.82, 2.24) is 9.80 Å². The number of amides is 1. The van der Waals surface area contributed by atoms with Crippen LogP contribution in [0.4, 0.5) is 13.2 Å². The standard InChI is InChI=1S/C16H17F3N2O3/c1-20-5-9-6-21(8-16(9,7-20)15(23)24)14(22)4-11-12(18)2-10(17)3-13(11)19/h2-3,9H,4-8H2,1H3,(H,23,24)/t9?,16-/m0/s1. The highest BCUT2D eigenvalue weighted by atomic mass is 19.1. The van der Waals surface area contributed by atoms with Gasteiger partial charge in [-0.2, -0.15) is 0 Å². The maximum absolute atomic E-state index is 13.7. The zero-order chi connectivity index (χ0) is 17.6. The Balaban J connectivity index is 1.78. The summed E-state index contributed by atoms with van der Waals surface area (Å²) in [5.41, 5.74) is -1.54. The number of carbonyl (C=O) groups excluding carboxylic acids is 1. The van der Waals surface area contributed by atoms with Gasteiger partial charge in [0.25, 0.3) is 0 Å². The van der Waals surface area contributed by atoms with Gasteiger partial charge in [0.05, 0.1) is 6.42 Å². The minimum atomic E-state index is -1.12. The highest BCUT2D eigenvalue weighted by molar-refractivity contribution is 5.83. The maximum Gasteiger partial charge on any atom is 0.313 e. The first-order valence-corrected chi connectivity index (χ1v) is 7.56. The van der Waals surface area contributed by atoms with Crippen LogP contribution in [0.15, 0.2) is 12.1 Å². The number of halogens is 3. The molecule has 0 aliphatic carbocycles. The fourth-order valence-corrected chi connectivity index (χ4v) is 3.81. The Morgan fingerprint density at radius 1 is 1.21 bits per heavy atom. The van der Waals surface area contributed by atoms with Crippen molar-refractivity contribution in [2.24, 2.45) is 11.3 Å². The first-order chi connectivity index (χ1) is 11.2. The molecule has 2 fully saturated rings. The molecule has 1 unspecified atom stereocenters. The van der Waals surface area contributed by atoms with E-state index in [1.165, 1.54) is 4.90 Å². The van der Waals surface area contributed by atoms with Crippen molar-refractivity contribution in [2.45, 2.75) is 6.42 Å². The van der Waals surface area contributed by atoms with E-state index in [-0.39, 0.29) is 19.0 Å². The number of nitrogens with zero attached hydrogens (tertiary/aromatic N) is 2. The number of carboxylic acid groups (broad SMARTS) is 1. The van der Waals surface area contributed by atoms with Crippen LogP contribution in [0.1, 0.15) is 5.56 Å². The maximum atomic E-state index is 13.7. The van der Waals surface area contributed by atoms with E-state index in [0.29, 0.717) is 25.2 Å². The summed E-state index contributed by atoms with van der Waals surface area (Å²) in [4.78, 5) is 27.3. The molecular formula is C16H17F3N2O3. The summed E-state index contributed by atoms with van der Waals surface area (Å²) < 4.78 is 40.3. The Bertz CT molecular complexity index is 689. The SMILES string of the molecule is CN1CC2CN(C(=O)Cc3c(F)cc(F)cc3F)C[C@@]2(C(=O)O)C1. The lowest BCUT2D eigenvalue weighted by Gasteiger charge is -2.24. The van der Waals surface area contributed by atoms with Crippen molar-refractivity contribution in [1.29, 1.82) is 0 Å². The summed E-state index contributed by atoms with van der Waals surface area (Å²) in [5, 5.41) is 9.57. The van der Waals surface area contributed by atoms with E-state index in [1.54, 1.807) is 0 Å². The number of carboxylic acids is 1. The summed E-state index contributed by atoms with van der Waals surface area (Å²) in [6.07, 6.45) is -0.559. The second-order valence-electron chi connectivity index (χ2n) is 6.65. The zero-order valence-electron chi connectivity index (χ0n) is 13.1. The lowest BCUT2D eigenvalue weighted by molar-refractivity contribution is -0.149. The Kier molecular flexibility index (Phi) is 4.03. The van der Waals surface area contributed by atoms with E-state index < -0.39 is 46.7 Å². The molecule has 130 valence electrons. The molecule has 24 heavy (non-hydrogen) atoms. The molecule has 2 aliphatic heterocycles. The van der Waals surface area contributed by atoms with Crippen molar-refractivity contribution in [3.8, 4) is 0 Å². The Morgan fingerprint density at radius 2 is 1.83 bits per heavy atom. The molecular weight excluding hydrogens is 325 g/mol. The minimum absolute atomic E-state index is 0.0145. The number of fused-ring (bicyclic) bond motifs is 1. The summed E-state index contributed by atoms with van der Waals surface area (Å²) in [5.74, 6) is -5.03. The van der Waals surface area contributed by atoms with Crippen LogP contribution in [0.25, 0.3) is 0 Å². The third-order valence-electron chi connectivity index (χ3n) is 4.99. The Labute approximate surface area is 136 Å². The van der Waals surface area contributed by atoms with Crippen molar-refractivity contribution < 1.29 is 27.9 Å². The topological polar surface area (TPSA) is 60.9 Å². The summed E-state index contributed by atoms with van der Waals surface area (Å²) in [7, 11) is 1.82. The van der Waals surface area contributed by atoms with Crippen LogP contribution in [-0.2, 0) is 16.0 Å². The molecule has 5 nitrogen and oxygen atoms in total. The first kappa shape index (κ1) is 16.8. The number of likely N-dealkylation sites (tertiary alicyclic amines) is 2. The van der Waals surface area contributed by atoms with E-state index >= 15 is 0 Å². The van der Waals surface area contributed by atoms with Crippen LogP contribution in [-0.4, -0.2) is 60.0 Å². The molecule has 0 aromatic heterocycles. The second kappa shape index (κ2) is 5.77. The summed E-state index contributed by atoms with van der Waals surface area (Å²) >= 11 is 0.